The highest BCUT2D eigenvalue weighted by atomic mass is 35.5. The number of hydrogen-bond acceptors (Lipinski definition) is 3. The number of benzene rings is 1. The largest absolute Gasteiger partial charge is 0.370 e. The number of halogens is 1. The fourth-order valence-corrected chi connectivity index (χ4v) is 2.37. The standard InChI is InChI=1S/C12H15ClN2S/c1-9(8-16-3)15(2)12-5-4-11(13)6-10(12)7-14/h4-6,9H,8H2,1-3H3. The van der Waals surface area contributed by atoms with Crippen molar-refractivity contribution in [1.82, 2.24) is 0 Å². The molecular weight excluding hydrogens is 240 g/mol. The van der Waals surface area contributed by atoms with Crippen LogP contribution in [0.25, 0.3) is 0 Å². The number of thioether (sulfide) groups is 1. The highest BCUT2D eigenvalue weighted by molar-refractivity contribution is 7.98. The topological polar surface area (TPSA) is 27.0 Å². The molecule has 1 aromatic rings. The summed E-state index contributed by atoms with van der Waals surface area (Å²) in [6.07, 6.45) is 2.08. The first kappa shape index (κ1) is 13.2. The van der Waals surface area contributed by atoms with Crippen molar-refractivity contribution in [3.63, 3.8) is 0 Å². The molecule has 4 heteroatoms. The summed E-state index contributed by atoms with van der Waals surface area (Å²) in [4.78, 5) is 2.12. The number of anilines is 1. The highest BCUT2D eigenvalue weighted by Gasteiger charge is 2.13. The quantitative estimate of drug-likeness (QED) is 0.824. The van der Waals surface area contributed by atoms with Crippen molar-refractivity contribution >= 4 is 29.1 Å². The summed E-state index contributed by atoms with van der Waals surface area (Å²) in [5.41, 5.74) is 1.57. The first-order valence-corrected chi connectivity index (χ1v) is 6.78. The van der Waals surface area contributed by atoms with E-state index in [1.165, 1.54) is 0 Å². The molecule has 1 aromatic carbocycles. The molecule has 0 saturated heterocycles. The lowest BCUT2D eigenvalue weighted by Crippen LogP contribution is -2.31. The second-order valence-corrected chi connectivity index (χ2v) is 5.04. The van der Waals surface area contributed by atoms with E-state index in [9.17, 15) is 0 Å². The zero-order chi connectivity index (χ0) is 12.1. The molecule has 0 bridgehead atoms. The molecule has 1 atom stereocenters. The van der Waals surface area contributed by atoms with Crippen molar-refractivity contribution in [3.05, 3.63) is 28.8 Å². The molecular formula is C12H15ClN2S. The summed E-state index contributed by atoms with van der Waals surface area (Å²) in [5.74, 6) is 1.03. The van der Waals surface area contributed by atoms with Gasteiger partial charge in [-0.25, -0.2) is 0 Å². The SMILES string of the molecule is CSCC(C)N(C)c1ccc(Cl)cc1C#N. The van der Waals surface area contributed by atoms with Crippen LogP contribution in [0, 0.1) is 11.3 Å². The van der Waals surface area contributed by atoms with Crippen LogP contribution in [0.4, 0.5) is 5.69 Å². The molecule has 0 saturated carbocycles. The fourth-order valence-electron chi connectivity index (χ4n) is 1.50. The minimum atomic E-state index is 0.392. The van der Waals surface area contributed by atoms with Crippen LogP contribution < -0.4 is 4.90 Å². The predicted octanol–water partition coefficient (Wildman–Crippen LogP) is 3.40. The number of rotatable bonds is 4. The van der Waals surface area contributed by atoms with E-state index in [1.54, 1.807) is 17.8 Å². The Labute approximate surface area is 106 Å². The average molecular weight is 255 g/mol. The molecule has 0 N–H and O–H groups in total. The van der Waals surface area contributed by atoms with Crippen molar-refractivity contribution < 1.29 is 0 Å². The van der Waals surface area contributed by atoms with E-state index in [1.807, 2.05) is 19.2 Å². The molecule has 0 aliphatic rings. The van der Waals surface area contributed by atoms with E-state index < -0.39 is 0 Å². The fraction of sp³-hybridized carbons (Fsp3) is 0.417. The van der Waals surface area contributed by atoms with Gasteiger partial charge in [-0.3, -0.25) is 0 Å². The molecule has 16 heavy (non-hydrogen) atoms. The van der Waals surface area contributed by atoms with E-state index in [-0.39, 0.29) is 0 Å². The molecule has 0 fully saturated rings. The zero-order valence-corrected chi connectivity index (χ0v) is 11.3. The Kier molecular flexibility index (Phi) is 4.98. The van der Waals surface area contributed by atoms with Crippen LogP contribution in [0.1, 0.15) is 12.5 Å². The van der Waals surface area contributed by atoms with Gasteiger partial charge in [-0.1, -0.05) is 11.6 Å². The van der Waals surface area contributed by atoms with E-state index in [0.717, 1.165) is 11.4 Å². The van der Waals surface area contributed by atoms with Gasteiger partial charge in [0.25, 0.3) is 0 Å². The third-order valence-corrected chi connectivity index (χ3v) is 3.58. The number of nitriles is 1. The Morgan fingerprint density at radius 3 is 2.81 bits per heavy atom. The maximum Gasteiger partial charge on any atom is 0.101 e. The van der Waals surface area contributed by atoms with Crippen LogP contribution >= 0.6 is 23.4 Å². The molecule has 0 radical (unpaired) electrons. The van der Waals surface area contributed by atoms with Gasteiger partial charge in [-0.05, 0) is 31.4 Å². The monoisotopic (exact) mass is 254 g/mol. The van der Waals surface area contributed by atoms with E-state index in [0.29, 0.717) is 16.6 Å². The Bertz CT molecular complexity index is 400. The molecule has 86 valence electrons. The van der Waals surface area contributed by atoms with Crippen LogP contribution in [0.15, 0.2) is 18.2 Å². The van der Waals surface area contributed by atoms with Crippen LogP contribution in [0.5, 0.6) is 0 Å². The number of nitrogens with zero attached hydrogens (tertiary/aromatic N) is 2. The van der Waals surface area contributed by atoms with Crippen molar-refractivity contribution in [1.29, 1.82) is 5.26 Å². The van der Waals surface area contributed by atoms with Gasteiger partial charge in [0, 0.05) is 23.9 Å². The van der Waals surface area contributed by atoms with Gasteiger partial charge in [-0.2, -0.15) is 17.0 Å². The summed E-state index contributed by atoms with van der Waals surface area (Å²) in [6.45, 7) is 2.15. The molecule has 0 aliphatic heterocycles. The minimum Gasteiger partial charge on any atom is -0.370 e. The molecule has 0 aromatic heterocycles. The summed E-state index contributed by atoms with van der Waals surface area (Å²) < 4.78 is 0. The third-order valence-electron chi connectivity index (χ3n) is 2.53. The average Bonchev–Trinajstić information content (AvgIpc) is 2.28. The lowest BCUT2D eigenvalue weighted by Gasteiger charge is -2.27. The summed E-state index contributed by atoms with van der Waals surface area (Å²) in [6, 6.07) is 8.00. The summed E-state index contributed by atoms with van der Waals surface area (Å²) in [7, 11) is 2.00. The van der Waals surface area contributed by atoms with E-state index in [2.05, 4.69) is 24.1 Å². The van der Waals surface area contributed by atoms with Gasteiger partial charge in [0.05, 0.1) is 11.3 Å². The van der Waals surface area contributed by atoms with E-state index in [4.69, 9.17) is 16.9 Å². The first-order chi connectivity index (χ1) is 7.60. The van der Waals surface area contributed by atoms with Crippen LogP contribution in [0.3, 0.4) is 0 Å². The molecule has 1 rings (SSSR count). The normalized spacial score (nSPS) is 11.9. The van der Waals surface area contributed by atoms with E-state index >= 15 is 0 Å². The molecule has 0 amide bonds. The predicted molar refractivity (Wildman–Crippen MR) is 72.4 cm³/mol. The zero-order valence-electron chi connectivity index (χ0n) is 9.70. The van der Waals surface area contributed by atoms with Crippen LogP contribution in [0.2, 0.25) is 5.02 Å². The second kappa shape index (κ2) is 6.03. The summed E-state index contributed by atoms with van der Waals surface area (Å²) >= 11 is 7.67. The van der Waals surface area contributed by atoms with Crippen molar-refractivity contribution in [3.8, 4) is 6.07 Å². The second-order valence-electron chi connectivity index (χ2n) is 3.69. The van der Waals surface area contributed by atoms with Gasteiger partial charge in [0.2, 0.25) is 0 Å². The molecule has 0 aliphatic carbocycles. The van der Waals surface area contributed by atoms with Crippen LogP contribution in [-0.4, -0.2) is 25.1 Å². The highest BCUT2D eigenvalue weighted by Crippen LogP contribution is 2.24. The van der Waals surface area contributed by atoms with Gasteiger partial charge in [0.15, 0.2) is 0 Å². The van der Waals surface area contributed by atoms with Crippen molar-refractivity contribution in [2.24, 2.45) is 0 Å². The Hall–Kier alpha value is -0.850. The maximum absolute atomic E-state index is 9.06. The lowest BCUT2D eigenvalue weighted by atomic mass is 10.1. The Morgan fingerprint density at radius 2 is 2.25 bits per heavy atom. The molecule has 0 heterocycles. The summed E-state index contributed by atoms with van der Waals surface area (Å²) in [5, 5.41) is 9.67. The van der Waals surface area contributed by atoms with Gasteiger partial charge in [-0.15, -0.1) is 0 Å². The Balaban J connectivity index is 2.99. The molecule has 2 nitrogen and oxygen atoms in total. The van der Waals surface area contributed by atoms with Gasteiger partial charge in [0.1, 0.15) is 6.07 Å². The van der Waals surface area contributed by atoms with Crippen LogP contribution in [-0.2, 0) is 0 Å². The van der Waals surface area contributed by atoms with Gasteiger partial charge >= 0.3 is 0 Å². The first-order valence-electron chi connectivity index (χ1n) is 5.01. The number of hydrogen-bond donors (Lipinski definition) is 0. The van der Waals surface area contributed by atoms with Gasteiger partial charge < -0.3 is 4.90 Å². The maximum atomic E-state index is 9.06. The minimum absolute atomic E-state index is 0.392. The molecule has 1 unspecified atom stereocenters. The third kappa shape index (κ3) is 3.07. The van der Waals surface area contributed by atoms with Crippen molar-refractivity contribution in [2.75, 3.05) is 24.0 Å². The lowest BCUT2D eigenvalue weighted by molar-refractivity contribution is 0.764. The Morgan fingerprint density at radius 1 is 1.56 bits per heavy atom. The van der Waals surface area contributed by atoms with Crippen molar-refractivity contribution in [2.45, 2.75) is 13.0 Å². The smallest absolute Gasteiger partial charge is 0.101 e. The molecule has 0 spiro atoms.